The summed E-state index contributed by atoms with van der Waals surface area (Å²) in [5.74, 6) is -0.0982. The number of Topliss-reactive ketones (excluding diaryl/α,β-unsaturated/α-hetero) is 1. The molecule has 2 N–H and O–H groups in total. The van der Waals surface area contributed by atoms with Gasteiger partial charge in [-0.15, -0.1) is 0 Å². The van der Waals surface area contributed by atoms with Crippen molar-refractivity contribution in [2.24, 2.45) is 0 Å². The van der Waals surface area contributed by atoms with Gasteiger partial charge in [-0.2, -0.15) is 0 Å². The third-order valence-electron chi connectivity index (χ3n) is 2.55. The van der Waals surface area contributed by atoms with Crippen LogP contribution in [-0.2, 0) is 4.79 Å². The smallest absolute Gasteiger partial charge is 0.238 e. The van der Waals surface area contributed by atoms with Crippen molar-refractivity contribution in [1.29, 1.82) is 0 Å². The number of ketones is 1. The highest BCUT2D eigenvalue weighted by molar-refractivity contribution is 5.97. The van der Waals surface area contributed by atoms with E-state index in [0.717, 1.165) is 19.4 Å². The third kappa shape index (κ3) is 5.10. The Kier molecular flexibility index (Phi) is 6.08. The van der Waals surface area contributed by atoms with E-state index in [4.69, 9.17) is 0 Å². The molecule has 0 unspecified atom stereocenters. The maximum absolute atomic E-state index is 11.6. The van der Waals surface area contributed by atoms with Gasteiger partial charge in [-0.3, -0.25) is 9.59 Å². The predicted molar refractivity (Wildman–Crippen MR) is 72.9 cm³/mol. The van der Waals surface area contributed by atoms with Gasteiger partial charge in [0.15, 0.2) is 5.78 Å². The standard InChI is InChI=1S/C14H20N2O2/c1-3-4-8-15-10-14(18)16-13-7-5-6-12(9-13)11(2)17/h5-7,9,15H,3-4,8,10H2,1-2H3,(H,16,18). The first-order valence-corrected chi connectivity index (χ1v) is 6.25. The largest absolute Gasteiger partial charge is 0.325 e. The zero-order valence-corrected chi connectivity index (χ0v) is 11.0. The predicted octanol–water partition coefficient (Wildman–Crippen LogP) is 2.22. The average Bonchev–Trinajstić information content (AvgIpc) is 2.35. The molecular formula is C14H20N2O2. The number of nitrogens with one attached hydrogen (secondary N) is 2. The van der Waals surface area contributed by atoms with E-state index in [-0.39, 0.29) is 11.7 Å². The summed E-state index contributed by atoms with van der Waals surface area (Å²) < 4.78 is 0. The van der Waals surface area contributed by atoms with Crippen molar-refractivity contribution in [1.82, 2.24) is 5.32 Å². The van der Waals surface area contributed by atoms with Crippen molar-refractivity contribution >= 4 is 17.4 Å². The molecule has 0 aromatic heterocycles. The molecule has 1 rings (SSSR count). The van der Waals surface area contributed by atoms with Crippen LogP contribution in [0.25, 0.3) is 0 Å². The Morgan fingerprint density at radius 1 is 1.28 bits per heavy atom. The first kappa shape index (κ1) is 14.4. The molecule has 98 valence electrons. The maximum Gasteiger partial charge on any atom is 0.238 e. The number of carbonyl (C=O) groups is 2. The number of amides is 1. The van der Waals surface area contributed by atoms with Gasteiger partial charge in [-0.05, 0) is 32.0 Å². The lowest BCUT2D eigenvalue weighted by Crippen LogP contribution is -2.28. The lowest BCUT2D eigenvalue weighted by molar-refractivity contribution is -0.115. The molecule has 0 aliphatic rings. The van der Waals surface area contributed by atoms with Crippen molar-refractivity contribution in [2.45, 2.75) is 26.7 Å². The number of unbranched alkanes of at least 4 members (excludes halogenated alkanes) is 1. The molecule has 4 heteroatoms. The molecule has 1 aromatic carbocycles. The fourth-order valence-electron chi connectivity index (χ4n) is 1.52. The van der Waals surface area contributed by atoms with E-state index >= 15 is 0 Å². The number of hydrogen-bond donors (Lipinski definition) is 2. The Morgan fingerprint density at radius 3 is 2.72 bits per heavy atom. The van der Waals surface area contributed by atoms with Gasteiger partial charge in [0.2, 0.25) is 5.91 Å². The highest BCUT2D eigenvalue weighted by Gasteiger charge is 2.04. The molecule has 0 saturated heterocycles. The molecule has 0 atom stereocenters. The van der Waals surface area contributed by atoms with Gasteiger partial charge >= 0.3 is 0 Å². The second-order valence-electron chi connectivity index (χ2n) is 4.22. The van der Waals surface area contributed by atoms with Crippen molar-refractivity contribution < 1.29 is 9.59 Å². The lowest BCUT2D eigenvalue weighted by Gasteiger charge is -2.07. The van der Waals surface area contributed by atoms with Crippen molar-refractivity contribution in [3.63, 3.8) is 0 Å². The van der Waals surface area contributed by atoms with Gasteiger partial charge in [0, 0.05) is 11.3 Å². The minimum absolute atomic E-state index is 0.00725. The van der Waals surface area contributed by atoms with Crippen molar-refractivity contribution in [3.8, 4) is 0 Å². The van der Waals surface area contributed by atoms with E-state index in [1.165, 1.54) is 6.92 Å². The van der Waals surface area contributed by atoms with Crippen LogP contribution in [0.3, 0.4) is 0 Å². The quantitative estimate of drug-likeness (QED) is 0.574. The Balaban J connectivity index is 2.44. The van der Waals surface area contributed by atoms with Crippen LogP contribution in [0, 0.1) is 0 Å². The van der Waals surface area contributed by atoms with E-state index in [2.05, 4.69) is 17.6 Å². The van der Waals surface area contributed by atoms with Crippen molar-refractivity contribution in [3.05, 3.63) is 29.8 Å². The third-order valence-corrected chi connectivity index (χ3v) is 2.55. The number of anilines is 1. The molecule has 0 spiro atoms. The van der Waals surface area contributed by atoms with Crippen LogP contribution in [0.1, 0.15) is 37.0 Å². The molecule has 1 aromatic rings. The minimum Gasteiger partial charge on any atom is -0.325 e. The lowest BCUT2D eigenvalue weighted by atomic mass is 10.1. The first-order valence-electron chi connectivity index (χ1n) is 6.25. The zero-order valence-electron chi connectivity index (χ0n) is 11.0. The van der Waals surface area contributed by atoms with Crippen LogP contribution >= 0.6 is 0 Å². The second-order valence-corrected chi connectivity index (χ2v) is 4.22. The van der Waals surface area contributed by atoms with Gasteiger partial charge in [0.05, 0.1) is 6.54 Å². The van der Waals surface area contributed by atoms with Crippen LogP contribution in [0.2, 0.25) is 0 Å². The van der Waals surface area contributed by atoms with E-state index in [0.29, 0.717) is 17.8 Å². The fraction of sp³-hybridized carbons (Fsp3) is 0.429. The number of rotatable bonds is 7. The molecule has 0 saturated carbocycles. The normalized spacial score (nSPS) is 10.1. The van der Waals surface area contributed by atoms with Crippen LogP contribution in [0.4, 0.5) is 5.69 Å². The number of benzene rings is 1. The number of carbonyl (C=O) groups excluding carboxylic acids is 2. The number of hydrogen-bond acceptors (Lipinski definition) is 3. The summed E-state index contributed by atoms with van der Waals surface area (Å²) in [6.07, 6.45) is 2.17. The molecule has 1 amide bonds. The summed E-state index contributed by atoms with van der Waals surface area (Å²) >= 11 is 0. The second kappa shape index (κ2) is 7.61. The molecule has 0 aliphatic carbocycles. The Morgan fingerprint density at radius 2 is 2.06 bits per heavy atom. The Bertz CT molecular complexity index is 416. The monoisotopic (exact) mass is 248 g/mol. The van der Waals surface area contributed by atoms with E-state index in [1.807, 2.05) is 0 Å². The summed E-state index contributed by atoms with van der Waals surface area (Å²) in [6.45, 7) is 4.75. The van der Waals surface area contributed by atoms with E-state index < -0.39 is 0 Å². The van der Waals surface area contributed by atoms with Crippen LogP contribution < -0.4 is 10.6 Å². The summed E-state index contributed by atoms with van der Waals surface area (Å²) in [7, 11) is 0. The molecule has 0 fully saturated rings. The van der Waals surface area contributed by atoms with E-state index in [1.54, 1.807) is 24.3 Å². The maximum atomic E-state index is 11.6. The Labute approximate surface area is 108 Å². The molecule has 0 radical (unpaired) electrons. The van der Waals surface area contributed by atoms with Gasteiger partial charge in [0.25, 0.3) is 0 Å². The molecule has 0 bridgehead atoms. The van der Waals surface area contributed by atoms with E-state index in [9.17, 15) is 9.59 Å². The minimum atomic E-state index is -0.0909. The summed E-state index contributed by atoms with van der Waals surface area (Å²) in [5, 5.41) is 5.83. The topological polar surface area (TPSA) is 58.2 Å². The van der Waals surface area contributed by atoms with Crippen molar-refractivity contribution in [2.75, 3.05) is 18.4 Å². The summed E-state index contributed by atoms with van der Waals surface area (Å²) in [6, 6.07) is 6.96. The molecule has 4 nitrogen and oxygen atoms in total. The molecular weight excluding hydrogens is 228 g/mol. The zero-order chi connectivity index (χ0) is 13.4. The average molecular weight is 248 g/mol. The van der Waals surface area contributed by atoms with Crippen LogP contribution in [-0.4, -0.2) is 24.8 Å². The van der Waals surface area contributed by atoms with Crippen LogP contribution in [0.5, 0.6) is 0 Å². The molecule has 0 heterocycles. The first-order chi connectivity index (χ1) is 8.63. The fourth-order valence-corrected chi connectivity index (χ4v) is 1.52. The van der Waals surface area contributed by atoms with Gasteiger partial charge in [0.1, 0.15) is 0 Å². The summed E-state index contributed by atoms with van der Waals surface area (Å²) in [4.78, 5) is 22.8. The van der Waals surface area contributed by atoms with Crippen LogP contribution in [0.15, 0.2) is 24.3 Å². The molecule has 0 aliphatic heterocycles. The molecule has 18 heavy (non-hydrogen) atoms. The van der Waals surface area contributed by atoms with Gasteiger partial charge < -0.3 is 10.6 Å². The summed E-state index contributed by atoms with van der Waals surface area (Å²) in [5.41, 5.74) is 1.26. The van der Waals surface area contributed by atoms with Gasteiger partial charge in [-0.25, -0.2) is 0 Å². The highest BCUT2D eigenvalue weighted by atomic mass is 16.2. The highest BCUT2D eigenvalue weighted by Crippen LogP contribution is 2.10. The van der Waals surface area contributed by atoms with Gasteiger partial charge in [-0.1, -0.05) is 25.5 Å². The SMILES string of the molecule is CCCCNCC(=O)Nc1cccc(C(C)=O)c1. The Hall–Kier alpha value is -1.68.